The lowest BCUT2D eigenvalue weighted by molar-refractivity contribution is 0.111. The quantitative estimate of drug-likeness (QED) is 0.753. The first-order valence-electron chi connectivity index (χ1n) is 5.44. The molecule has 1 saturated carbocycles. The average Bonchev–Trinajstić information content (AvgIpc) is 3.07. The number of halogens is 1. The Bertz CT molecular complexity index is 475. The van der Waals surface area contributed by atoms with Crippen molar-refractivity contribution in [3.63, 3.8) is 0 Å². The number of carbonyl (C=O) groups is 1. The van der Waals surface area contributed by atoms with Crippen LogP contribution in [0, 0.1) is 16.7 Å². The highest BCUT2D eigenvalue weighted by Crippen LogP contribution is 2.48. The molecule has 0 N–H and O–H groups in total. The van der Waals surface area contributed by atoms with Crippen molar-refractivity contribution in [2.75, 3.05) is 6.61 Å². The predicted molar refractivity (Wildman–Crippen MR) is 64.2 cm³/mol. The second kappa shape index (κ2) is 4.77. The number of aldehydes is 1. The van der Waals surface area contributed by atoms with E-state index in [0.29, 0.717) is 35.6 Å². The first-order chi connectivity index (χ1) is 8.21. The smallest absolute Gasteiger partial charge is 0.155 e. The fourth-order valence-electron chi connectivity index (χ4n) is 1.70. The number of hydrogen-bond donors (Lipinski definition) is 0. The van der Waals surface area contributed by atoms with Gasteiger partial charge in [-0.2, -0.15) is 5.26 Å². The molecule has 88 valence electrons. The summed E-state index contributed by atoms with van der Waals surface area (Å²) in [6.07, 6.45) is 3.22. The Morgan fingerprint density at radius 3 is 2.88 bits per heavy atom. The highest BCUT2D eigenvalue weighted by atomic mass is 35.5. The molecular weight excluding hydrogens is 238 g/mol. The van der Waals surface area contributed by atoms with Crippen LogP contribution < -0.4 is 4.74 Å². The minimum atomic E-state index is -0.00276. The van der Waals surface area contributed by atoms with Crippen molar-refractivity contribution < 1.29 is 9.53 Å². The van der Waals surface area contributed by atoms with Crippen molar-refractivity contribution in [2.24, 2.45) is 5.41 Å². The van der Waals surface area contributed by atoms with Gasteiger partial charge in [-0.1, -0.05) is 17.7 Å². The fourth-order valence-corrected chi connectivity index (χ4v) is 1.92. The summed E-state index contributed by atoms with van der Waals surface area (Å²) >= 11 is 5.89. The molecule has 2 rings (SSSR count). The maximum atomic E-state index is 10.9. The number of rotatable bonds is 5. The Hall–Kier alpha value is -1.53. The maximum absolute atomic E-state index is 10.9. The van der Waals surface area contributed by atoms with E-state index in [-0.39, 0.29) is 5.41 Å². The van der Waals surface area contributed by atoms with Gasteiger partial charge >= 0.3 is 0 Å². The van der Waals surface area contributed by atoms with E-state index < -0.39 is 0 Å². The summed E-state index contributed by atoms with van der Waals surface area (Å²) in [6, 6.07) is 7.29. The molecule has 0 radical (unpaired) electrons. The van der Waals surface area contributed by atoms with E-state index in [4.69, 9.17) is 21.6 Å². The third kappa shape index (κ3) is 2.59. The van der Waals surface area contributed by atoms with Gasteiger partial charge < -0.3 is 4.74 Å². The van der Waals surface area contributed by atoms with Crippen molar-refractivity contribution in [3.05, 3.63) is 28.8 Å². The molecule has 0 aliphatic heterocycles. The number of carbonyl (C=O) groups excluding carboxylic acids is 1. The van der Waals surface area contributed by atoms with Crippen molar-refractivity contribution in [1.29, 1.82) is 5.26 Å². The van der Waals surface area contributed by atoms with Gasteiger partial charge in [-0.05, 0) is 25.0 Å². The third-order valence-corrected chi connectivity index (χ3v) is 3.41. The van der Waals surface area contributed by atoms with Crippen molar-refractivity contribution >= 4 is 17.9 Å². The van der Waals surface area contributed by atoms with Gasteiger partial charge in [-0.15, -0.1) is 0 Å². The Morgan fingerprint density at radius 2 is 2.29 bits per heavy atom. The van der Waals surface area contributed by atoms with E-state index >= 15 is 0 Å². The van der Waals surface area contributed by atoms with Gasteiger partial charge in [-0.25, -0.2) is 0 Å². The molecule has 4 heteroatoms. The van der Waals surface area contributed by atoms with E-state index in [0.717, 1.165) is 12.8 Å². The zero-order chi connectivity index (χ0) is 12.3. The van der Waals surface area contributed by atoms with E-state index in [9.17, 15) is 4.79 Å². The van der Waals surface area contributed by atoms with Gasteiger partial charge in [0.15, 0.2) is 6.29 Å². The van der Waals surface area contributed by atoms with Crippen LogP contribution >= 0.6 is 11.6 Å². The summed E-state index contributed by atoms with van der Waals surface area (Å²) in [6.45, 7) is 0.474. The first kappa shape index (κ1) is 11.9. The van der Waals surface area contributed by atoms with Crippen molar-refractivity contribution in [3.8, 4) is 11.8 Å². The molecule has 0 saturated heterocycles. The molecule has 1 aromatic rings. The van der Waals surface area contributed by atoms with Gasteiger partial charge in [0, 0.05) is 11.8 Å². The molecule has 0 spiro atoms. The zero-order valence-electron chi connectivity index (χ0n) is 9.28. The van der Waals surface area contributed by atoms with Crippen LogP contribution in [0.4, 0.5) is 0 Å². The molecule has 0 aromatic heterocycles. The van der Waals surface area contributed by atoms with E-state index in [1.165, 1.54) is 0 Å². The summed E-state index contributed by atoms with van der Waals surface area (Å²) in [5, 5.41) is 9.09. The highest BCUT2D eigenvalue weighted by Gasteiger charge is 2.43. The largest absolute Gasteiger partial charge is 0.492 e. The van der Waals surface area contributed by atoms with Crippen LogP contribution in [0.15, 0.2) is 18.2 Å². The van der Waals surface area contributed by atoms with Crippen LogP contribution in [0.5, 0.6) is 5.75 Å². The van der Waals surface area contributed by atoms with Gasteiger partial charge in [0.2, 0.25) is 0 Å². The lowest BCUT2D eigenvalue weighted by atomic mass is 10.1. The van der Waals surface area contributed by atoms with Crippen LogP contribution in [0.25, 0.3) is 0 Å². The van der Waals surface area contributed by atoms with Crippen LogP contribution in [-0.4, -0.2) is 12.9 Å². The molecule has 0 unspecified atom stereocenters. The zero-order valence-corrected chi connectivity index (χ0v) is 10.0. The standard InChI is InChI=1S/C13H12ClNO2/c14-11-2-1-3-12(10(11)8-16)17-9-13(4-5-13)6-7-15/h1-3,8H,4-6,9H2. The summed E-state index contributed by atoms with van der Waals surface area (Å²) in [5.41, 5.74) is 0.374. The minimum absolute atomic E-state index is 0.00276. The van der Waals surface area contributed by atoms with Crippen LogP contribution in [0.3, 0.4) is 0 Å². The fraction of sp³-hybridized carbons (Fsp3) is 0.385. The number of benzene rings is 1. The second-order valence-electron chi connectivity index (χ2n) is 4.39. The monoisotopic (exact) mass is 249 g/mol. The van der Waals surface area contributed by atoms with Gasteiger partial charge in [0.1, 0.15) is 5.75 Å². The third-order valence-electron chi connectivity index (χ3n) is 3.08. The average molecular weight is 250 g/mol. The number of nitriles is 1. The normalized spacial score (nSPS) is 16.0. The summed E-state index contributed by atoms with van der Waals surface area (Å²) in [5.74, 6) is 0.497. The van der Waals surface area contributed by atoms with Crippen LogP contribution in [-0.2, 0) is 0 Å². The van der Waals surface area contributed by atoms with E-state index in [1.54, 1.807) is 18.2 Å². The molecule has 1 aromatic carbocycles. The van der Waals surface area contributed by atoms with Gasteiger partial charge in [0.05, 0.1) is 23.3 Å². The van der Waals surface area contributed by atoms with E-state index in [2.05, 4.69) is 6.07 Å². The molecule has 17 heavy (non-hydrogen) atoms. The number of hydrogen-bond acceptors (Lipinski definition) is 3. The summed E-state index contributed by atoms with van der Waals surface area (Å²) in [4.78, 5) is 10.9. The second-order valence-corrected chi connectivity index (χ2v) is 4.80. The maximum Gasteiger partial charge on any atom is 0.155 e. The molecule has 3 nitrogen and oxygen atoms in total. The molecule has 1 fully saturated rings. The molecule has 1 aliphatic carbocycles. The number of nitrogens with zero attached hydrogens (tertiary/aromatic N) is 1. The summed E-state index contributed by atoms with van der Waals surface area (Å²) in [7, 11) is 0. The Labute approximate surface area is 105 Å². The molecule has 0 bridgehead atoms. The van der Waals surface area contributed by atoms with Gasteiger partial charge in [-0.3, -0.25) is 4.79 Å². The lowest BCUT2D eigenvalue weighted by Crippen LogP contribution is -2.13. The Kier molecular flexibility index (Phi) is 3.35. The first-order valence-corrected chi connectivity index (χ1v) is 5.82. The minimum Gasteiger partial charge on any atom is -0.492 e. The van der Waals surface area contributed by atoms with Crippen molar-refractivity contribution in [1.82, 2.24) is 0 Å². The van der Waals surface area contributed by atoms with Crippen LogP contribution in [0.1, 0.15) is 29.6 Å². The predicted octanol–water partition coefficient (Wildman–Crippen LogP) is 3.23. The lowest BCUT2D eigenvalue weighted by Gasteiger charge is -2.14. The Morgan fingerprint density at radius 1 is 1.53 bits per heavy atom. The topological polar surface area (TPSA) is 50.1 Å². The molecule has 0 amide bonds. The van der Waals surface area contributed by atoms with Crippen molar-refractivity contribution in [2.45, 2.75) is 19.3 Å². The molecule has 1 aliphatic rings. The van der Waals surface area contributed by atoms with E-state index in [1.807, 2.05) is 0 Å². The molecule has 0 heterocycles. The SMILES string of the molecule is N#CCC1(COc2cccc(Cl)c2C=O)CC1. The van der Waals surface area contributed by atoms with Crippen LogP contribution in [0.2, 0.25) is 5.02 Å². The Balaban J connectivity index is 2.07. The highest BCUT2D eigenvalue weighted by molar-refractivity contribution is 6.33. The molecular formula is C13H12ClNO2. The number of ether oxygens (including phenoxy) is 1. The summed E-state index contributed by atoms with van der Waals surface area (Å²) < 4.78 is 5.62. The van der Waals surface area contributed by atoms with Gasteiger partial charge in [0.25, 0.3) is 0 Å². The molecule has 0 atom stereocenters.